The highest BCUT2D eigenvalue weighted by Crippen LogP contribution is 2.23. The fraction of sp³-hybridized carbons (Fsp3) is 0.263. The maximum Gasteiger partial charge on any atom is 0.149 e. The third-order valence-electron chi connectivity index (χ3n) is 4.39. The van der Waals surface area contributed by atoms with Crippen LogP contribution in [0.2, 0.25) is 0 Å². The molecule has 1 fully saturated rings. The van der Waals surface area contributed by atoms with Crippen LogP contribution in [0.5, 0.6) is 0 Å². The topological polar surface area (TPSA) is 41.0 Å². The molecule has 0 radical (unpaired) electrons. The molecule has 0 bridgehead atoms. The van der Waals surface area contributed by atoms with Crippen molar-refractivity contribution in [2.45, 2.75) is 6.54 Å². The molecule has 128 valence electrons. The Morgan fingerprint density at radius 1 is 1.04 bits per heavy atom. The molecule has 25 heavy (non-hydrogen) atoms. The molecular weight excluding hydrogens is 335 g/mol. The Hall–Kier alpha value is -2.34. The van der Waals surface area contributed by atoms with Gasteiger partial charge in [-0.25, -0.2) is 14.4 Å². The molecule has 0 spiro atoms. The molecule has 1 aliphatic heterocycles. The van der Waals surface area contributed by atoms with Gasteiger partial charge in [0.1, 0.15) is 23.5 Å². The van der Waals surface area contributed by atoms with E-state index in [0.29, 0.717) is 23.3 Å². The van der Waals surface area contributed by atoms with E-state index < -0.39 is 0 Å². The Kier molecular flexibility index (Phi) is 4.70. The third-order valence-corrected chi connectivity index (χ3v) is 5.33. The van der Waals surface area contributed by atoms with E-state index in [9.17, 15) is 4.39 Å². The zero-order valence-corrected chi connectivity index (χ0v) is 14.6. The van der Waals surface area contributed by atoms with Crippen LogP contribution in [0.4, 0.5) is 15.9 Å². The average Bonchev–Trinajstić information content (AvgIpc) is 2.68. The summed E-state index contributed by atoms with van der Waals surface area (Å²) in [5.41, 5.74) is 2.79. The molecule has 2 heterocycles. The summed E-state index contributed by atoms with van der Waals surface area (Å²) in [4.78, 5) is 10.7. The van der Waals surface area contributed by atoms with Gasteiger partial charge in [0.2, 0.25) is 0 Å². The molecule has 1 N–H and O–H groups in total. The lowest BCUT2D eigenvalue weighted by Gasteiger charge is -2.28. The Labute approximate surface area is 150 Å². The first-order valence-electron chi connectivity index (χ1n) is 8.36. The number of aromatic nitrogens is 2. The van der Waals surface area contributed by atoms with Crippen molar-refractivity contribution < 1.29 is 4.39 Å². The van der Waals surface area contributed by atoms with E-state index in [1.807, 2.05) is 17.8 Å². The third kappa shape index (κ3) is 3.54. The van der Waals surface area contributed by atoms with Gasteiger partial charge in [0.25, 0.3) is 0 Å². The van der Waals surface area contributed by atoms with Gasteiger partial charge in [-0.3, -0.25) is 0 Å². The minimum atomic E-state index is -0.327. The second-order valence-corrected chi connectivity index (χ2v) is 7.20. The van der Waals surface area contributed by atoms with E-state index in [2.05, 4.69) is 44.5 Å². The Morgan fingerprint density at radius 2 is 1.84 bits per heavy atom. The summed E-state index contributed by atoms with van der Waals surface area (Å²) in [7, 11) is 0. The lowest BCUT2D eigenvalue weighted by Crippen LogP contribution is -2.32. The smallest absolute Gasteiger partial charge is 0.149 e. The highest BCUT2D eigenvalue weighted by molar-refractivity contribution is 7.99. The number of para-hydroxylation sites is 1. The largest absolute Gasteiger partial charge is 0.370 e. The molecule has 6 heteroatoms. The highest BCUT2D eigenvalue weighted by atomic mass is 32.2. The minimum absolute atomic E-state index is 0.327. The highest BCUT2D eigenvalue weighted by Gasteiger charge is 2.11. The van der Waals surface area contributed by atoms with Gasteiger partial charge in [-0.1, -0.05) is 18.2 Å². The zero-order valence-electron chi connectivity index (χ0n) is 13.8. The van der Waals surface area contributed by atoms with Crippen molar-refractivity contribution in [2.24, 2.45) is 0 Å². The predicted molar refractivity (Wildman–Crippen MR) is 103 cm³/mol. The summed E-state index contributed by atoms with van der Waals surface area (Å²) in [6.45, 7) is 2.86. The summed E-state index contributed by atoms with van der Waals surface area (Å²) in [6, 6.07) is 13.5. The van der Waals surface area contributed by atoms with E-state index in [1.165, 1.54) is 35.2 Å². The minimum Gasteiger partial charge on any atom is -0.370 e. The van der Waals surface area contributed by atoms with Gasteiger partial charge in [0, 0.05) is 42.2 Å². The number of nitrogens with zero attached hydrogens (tertiary/aromatic N) is 3. The number of fused-ring (bicyclic) bond motifs is 1. The molecule has 3 aromatic rings. The molecule has 0 aliphatic carbocycles. The van der Waals surface area contributed by atoms with Crippen molar-refractivity contribution in [3.63, 3.8) is 0 Å². The zero-order chi connectivity index (χ0) is 17.1. The first-order chi connectivity index (χ1) is 12.3. The van der Waals surface area contributed by atoms with Crippen LogP contribution in [0, 0.1) is 5.82 Å². The molecule has 0 amide bonds. The van der Waals surface area contributed by atoms with Crippen molar-refractivity contribution in [1.82, 2.24) is 9.97 Å². The fourth-order valence-corrected chi connectivity index (χ4v) is 3.93. The monoisotopic (exact) mass is 354 g/mol. The molecule has 0 saturated carbocycles. The lowest BCUT2D eigenvalue weighted by molar-refractivity contribution is 0.636. The first kappa shape index (κ1) is 16.1. The molecule has 1 aromatic heterocycles. The van der Waals surface area contributed by atoms with Crippen LogP contribution in [-0.4, -0.2) is 34.6 Å². The van der Waals surface area contributed by atoms with Crippen LogP contribution in [0.25, 0.3) is 10.9 Å². The van der Waals surface area contributed by atoms with Crippen molar-refractivity contribution in [3.8, 4) is 0 Å². The van der Waals surface area contributed by atoms with Crippen molar-refractivity contribution in [1.29, 1.82) is 0 Å². The van der Waals surface area contributed by atoms with E-state index in [4.69, 9.17) is 0 Å². The van der Waals surface area contributed by atoms with Crippen LogP contribution in [0.15, 0.2) is 48.8 Å². The predicted octanol–water partition coefficient (Wildman–Crippen LogP) is 3.93. The van der Waals surface area contributed by atoms with Crippen LogP contribution in [0.3, 0.4) is 0 Å². The van der Waals surface area contributed by atoms with E-state index in [-0.39, 0.29) is 5.82 Å². The number of benzene rings is 2. The van der Waals surface area contributed by atoms with Crippen LogP contribution in [0.1, 0.15) is 5.56 Å². The maximum atomic E-state index is 13.8. The van der Waals surface area contributed by atoms with Crippen LogP contribution >= 0.6 is 11.8 Å². The van der Waals surface area contributed by atoms with E-state index >= 15 is 0 Å². The molecule has 2 aromatic carbocycles. The molecule has 1 saturated heterocycles. The normalized spacial score (nSPS) is 14.7. The van der Waals surface area contributed by atoms with E-state index in [0.717, 1.165) is 13.1 Å². The Bertz CT molecular complexity index is 863. The van der Waals surface area contributed by atoms with Crippen LogP contribution in [-0.2, 0) is 6.54 Å². The molecule has 1 aliphatic rings. The molecule has 4 nitrogen and oxygen atoms in total. The SMILES string of the molecule is Fc1cccc2c(NCc3ccc(N4CCSCC4)cc3)ncnc12. The second kappa shape index (κ2) is 7.27. The summed E-state index contributed by atoms with van der Waals surface area (Å²) in [6.07, 6.45) is 1.39. The van der Waals surface area contributed by atoms with Gasteiger partial charge in [0.15, 0.2) is 0 Å². The number of thioether (sulfide) groups is 1. The quantitative estimate of drug-likeness (QED) is 0.769. The summed E-state index contributed by atoms with van der Waals surface area (Å²) >= 11 is 2.01. The maximum absolute atomic E-state index is 13.8. The van der Waals surface area contributed by atoms with Crippen molar-refractivity contribution >= 4 is 34.2 Å². The fourth-order valence-electron chi connectivity index (χ4n) is 3.02. The first-order valence-corrected chi connectivity index (χ1v) is 9.51. The van der Waals surface area contributed by atoms with Crippen molar-refractivity contribution in [3.05, 3.63) is 60.2 Å². The lowest BCUT2D eigenvalue weighted by atomic mass is 10.2. The molecule has 0 unspecified atom stereocenters. The number of nitrogens with one attached hydrogen (secondary N) is 1. The number of hydrogen-bond acceptors (Lipinski definition) is 5. The van der Waals surface area contributed by atoms with Gasteiger partial charge in [-0.05, 0) is 29.8 Å². The van der Waals surface area contributed by atoms with Crippen molar-refractivity contribution in [2.75, 3.05) is 34.8 Å². The van der Waals surface area contributed by atoms with E-state index in [1.54, 1.807) is 6.07 Å². The van der Waals surface area contributed by atoms with Gasteiger partial charge >= 0.3 is 0 Å². The van der Waals surface area contributed by atoms with Gasteiger partial charge < -0.3 is 10.2 Å². The Balaban J connectivity index is 1.47. The number of halogens is 1. The molecule has 4 rings (SSSR count). The summed E-state index contributed by atoms with van der Waals surface area (Å²) < 4.78 is 13.8. The second-order valence-electron chi connectivity index (χ2n) is 5.98. The Morgan fingerprint density at radius 3 is 2.64 bits per heavy atom. The number of anilines is 2. The van der Waals surface area contributed by atoms with Gasteiger partial charge in [-0.2, -0.15) is 11.8 Å². The van der Waals surface area contributed by atoms with Gasteiger partial charge in [-0.15, -0.1) is 0 Å². The average molecular weight is 354 g/mol. The summed E-state index contributed by atoms with van der Waals surface area (Å²) in [5, 5.41) is 3.99. The molecule has 0 atom stereocenters. The van der Waals surface area contributed by atoms with Gasteiger partial charge in [0.05, 0.1) is 0 Å². The molecular formula is C19H19FN4S. The standard InChI is InChI=1S/C19H19FN4S/c20-17-3-1-2-16-18(17)22-13-23-19(16)21-12-14-4-6-15(7-5-14)24-8-10-25-11-9-24/h1-7,13H,8-12H2,(H,21,22,23). The number of hydrogen-bond donors (Lipinski definition) is 1. The van der Waals surface area contributed by atoms with Crippen LogP contribution < -0.4 is 10.2 Å². The summed E-state index contributed by atoms with van der Waals surface area (Å²) in [5.74, 6) is 2.72. The number of rotatable bonds is 4.